The van der Waals surface area contributed by atoms with Crippen molar-refractivity contribution in [1.82, 2.24) is 10.2 Å². The molecule has 2 heterocycles. The molecule has 0 aliphatic carbocycles. The lowest BCUT2D eigenvalue weighted by molar-refractivity contribution is -0.128. The normalized spacial score (nSPS) is 16.4. The number of nitrogens with one attached hydrogen (secondary N) is 1. The van der Waals surface area contributed by atoms with Gasteiger partial charge >= 0.3 is 0 Å². The number of benzene rings is 2. The molecule has 2 aromatic rings. The van der Waals surface area contributed by atoms with Gasteiger partial charge in [-0.05, 0) is 69.0 Å². The molecule has 0 unspecified atom stereocenters. The summed E-state index contributed by atoms with van der Waals surface area (Å²) in [5, 5.41) is 2.52. The summed E-state index contributed by atoms with van der Waals surface area (Å²) in [6.07, 6.45) is 1.86. The third kappa shape index (κ3) is 5.21. The van der Waals surface area contributed by atoms with Gasteiger partial charge < -0.3 is 10.2 Å². The second-order valence-electron chi connectivity index (χ2n) is 8.16. The molecule has 0 atom stereocenters. The van der Waals surface area contributed by atoms with E-state index >= 15 is 0 Å². The number of hydrogen-bond acceptors (Lipinski definition) is 2. The molecule has 0 spiro atoms. The lowest BCUT2D eigenvalue weighted by Crippen LogP contribution is -2.33. The highest BCUT2D eigenvalue weighted by molar-refractivity contribution is 5.91. The van der Waals surface area contributed by atoms with E-state index in [-0.39, 0.29) is 28.6 Å². The summed E-state index contributed by atoms with van der Waals surface area (Å²) in [7, 11) is 0. The van der Waals surface area contributed by atoms with Crippen LogP contribution in [0.1, 0.15) is 57.6 Å². The highest BCUT2D eigenvalue weighted by atomic mass is 19.1. The summed E-state index contributed by atoms with van der Waals surface area (Å²) in [6.45, 7) is 5.80. The molecule has 4 nitrogen and oxygen atoms in total. The lowest BCUT2D eigenvalue weighted by Gasteiger charge is -2.31. The molecule has 34 heavy (non-hydrogen) atoms. The van der Waals surface area contributed by atoms with Gasteiger partial charge in [0.05, 0.1) is 22.5 Å². The van der Waals surface area contributed by atoms with Crippen LogP contribution in [0.15, 0.2) is 47.5 Å². The molecule has 4 rings (SSSR count). The van der Waals surface area contributed by atoms with Gasteiger partial charge in [-0.3, -0.25) is 9.59 Å². The van der Waals surface area contributed by atoms with Crippen LogP contribution in [0.2, 0.25) is 0 Å². The Morgan fingerprint density at radius 1 is 0.765 bits per heavy atom. The fourth-order valence-corrected chi connectivity index (χ4v) is 4.06. The van der Waals surface area contributed by atoms with Crippen molar-refractivity contribution >= 4 is 23.2 Å². The van der Waals surface area contributed by atoms with Crippen LogP contribution in [0.25, 0.3) is 11.4 Å². The molecule has 2 aliphatic rings. The Bertz CT molecular complexity index is 1150. The third-order valence-corrected chi connectivity index (χ3v) is 5.84. The van der Waals surface area contributed by atoms with E-state index in [1.54, 1.807) is 13.8 Å². The van der Waals surface area contributed by atoms with Gasteiger partial charge in [-0.15, -0.1) is 0 Å². The molecule has 180 valence electrons. The fourth-order valence-electron chi connectivity index (χ4n) is 4.06. The first kappa shape index (κ1) is 25.2. The van der Waals surface area contributed by atoms with Crippen molar-refractivity contribution in [2.75, 3.05) is 6.54 Å². The van der Waals surface area contributed by atoms with Crippen LogP contribution in [0.5, 0.6) is 0 Å². The summed E-state index contributed by atoms with van der Waals surface area (Å²) < 4.78 is 54.7. The zero-order valence-electron chi connectivity index (χ0n) is 19.3. The number of carbonyl (C=O) groups excluding carboxylic acids is 2. The van der Waals surface area contributed by atoms with Gasteiger partial charge in [-0.2, -0.15) is 0 Å². The Balaban J connectivity index is 0.000000192. The number of halogens is 4. The maximum absolute atomic E-state index is 13.8. The Kier molecular flexibility index (Phi) is 7.91. The highest BCUT2D eigenvalue weighted by Crippen LogP contribution is 2.33. The molecule has 0 aromatic heterocycles. The zero-order chi connectivity index (χ0) is 25.0. The summed E-state index contributed by atoms with van der Waals surface area (Å²) in [4.78, 5) is 24.5. The molecule has 2 aliphatic heterocycles. The Hall–Kier alpha value is -3.42. The van der Waals surface area contributed by atoms with Crippen LogP contribution in [0, 0.1) is 23.3 Å². The molecular formula is C26H26F4N2O2. The van der Waals surface area contributed by atoms with Gasteiger partial charge in [-0.1, -0.05) is 12.1 Å². The summed E-state index contributed by atoms with van der Waals surface area (Å²) in [6, 6.07) is 7.41. The van der Waals surface area contributed by atoms with E-state index in [1.165, 1.54) is 41.3 Å². The average molecular weight is 474 g/mol. The van der Waals surface area contributed by atoms with E-state index < -0.39 is 23.3 Å². The van der Waals surface area contributed by atoms with Gasteiger partial charge in [0.2, 0.25) is 11.8 Å². The summed E-state index contributed by atoms with van der Waals surface area (Å²) >= 11 is 0. The van der Waals surface area contributed by atoms with Crippen molar-refractivity contribution in [3.05, 3.63) is 81.9 Å². The Morgan fingerprint density at radius 3 is 1.79 bits per heavy atom. The minimum absolute atomic E-state index is 0.0826. The Labute approximate surface area is 196 Å². The number of nitrogens with zero attached hydrogens (tertiary/aromatic N) is 1. The van der Waals surface area contributed by atoms with Crippen molar-refractivity contribution in [3.8, 4) is 0 Å². The second kappa shape index (κ2) is 10.7. The van der Waals surface area contributed by atoms with Crippen LogP contribution in [0.3, 0.4) is 0 Å². The average Bonchev–Trinajstić information content (AvgIpc) is 2.78. The molecule has 2 aromatic carbocycles. The number of rotatable bonds is 3. The number of carbonyl (C=O) groups is 2. The quantitative estimate of drug-likeness (QED) is 0.560. The van der Waals surface area contributed by atoms with Crippen LogP contribution in [-0.2, 0) is 9.59 Å². The van der Waals surface area contributed by atoms with Gasteiger partial charge in [-0.25, -0.2) is 17.6 Å². The van der Waals surface area contributed by atoms with E-state index in [1.807, 2.05) is 6.92 Å². The van der Waals surface area contributed by atoms with Crippen molar-refractivity contribution in [1.29, 1.82) is 0 Å². The SMILES string of the molecule is CC1=C(c2c(F)cccc2F)NC(=O)CC1.CCN1C(=O)CCC(C)=C1c1c(F)cccc1F. The van der Waals surface area contributed by atoms with Crippen LogP contribution < -0.4 is 5.32 Å². The van der Waals surface area contributed by atoms with Crippen molar-refractivity contribution in [2.45, 2.75) is 46.5 Å². The summed E-state index contributed by atoms with van der Waals surface area (Å²) in [5.74, 6) is -2.85. The molecule has 0 fully saturated rings. The molecule has 2 amide bonds. The maximum Gasteiger partial charge on any atom is 0.227 e. The molecule has 8 heteroatoms. The van der Waals surface area contributed by atoms with E-state index in [4.69, 9.17) is 0 Å². The highest BCUT2D eigenvalue weighted by Gasteiger charge is 2.28. The topological polar surface area (TPSA) is 49.4 Å². The molecule has 0 saturated carbocycles. The molecule has 0 bridgehead atoms. The largest absolute Gasteiger partial charge is 0.325 e. The van der Waals surface area contributed by atoms with Gasteiger partial charge in [0.1, 0.15) is 23.3 Å². The minimum Gasteiger partial charge on any atom is -0.325 e. The molecule has 1 N–H and O–H groups in total. The van der Waals surface area contributed by atoms with Crippen molar-refractivity contribution in [2.24, 2.45) is 0 Å². The first-order valence-electron chi connectivity index (χ1n) is 11.0. The van der Waals surface area contributed by atoms with Gasteiger partial charge in [0, 0.05) is 19.4 Å². The van der Waals surface area contributed by atoms with Crippen molar-refractivity contribution in [3.63, 3.8) is 0 Å². The first-order chi connectivity index (χ1) is 16.1. The second-order valence-corrected chi connectivity index (χ2v) is 8.16. The smallest absolute Gasteiger partial charge is 0.227 e. The monoisotopic (exact) mass is 474 g/mol. The van der Waals surface area contributed by atoms with E-state index in [0.29, 0.717) is 37.9 Å². The number of hydrogen-bond donors (Lipinski definition) is 1. The number of allylic oxidation sites excluding steroid dienone is 2. The molecular weight excluding hydrogens is 448 g/mol. The minimum atomic E-state index is -0.656. The standard InChI is InChI=1S/C14H15F2NO.C12H11F2NO/c1-3-17-12(18)8-7-9(2)14(17)13-10(15)5-4-6-11(13)16;1-7-5-6-10(16)15-12(7)11-8(13)3-2-4-9(11)14/h4-6H,3,7-8H2,1-2H3;2-4H,5-6H2,1H3,(H,15,16). The predicted octanol–water partition coefficient (Wildman–Crippen LogP) is 5.94. The van der Waals surface area contributed by atoms with E-state index in [2.05, 4.69) is 5.32 Å². The fraction of sp³-hybridized carbons (Fsp3) is 0.308. The van der Waals surface area contributed by atoms with E-state index in [0.717, 1.165) is 11.1 Å². The third-order valence-electron chi connectivity index (χ3n) is 5.84. The Morgan fingerprint density at radius 2 is 1.26 bits per heavy atom. The van der Waals surface area contributed by atoms with Crippen LogP contribution >= 0.6 is 0 Å². The lowest BCUT2D eigenvalue weighted by atomic mass is 9.97. The summed E-state index contributed by atoms with van der Waals surface area (Å²) in [5.41, 5.74) is 2.07. The van der Waals surface area contributed by atoms with Crippen LogP contribution in [0.4, 0.5) is 17.6 Å². The van der Waals surface area contributed by atoms with Gasteiger partial charge in [0.15, 0.2) is 0 Å². The number of amides is 2. The van der Waals surface area contributed by atoms with Gasteiger partial charge in [0.25, 0.3) is 0 Å². The maximum atomic E-state index is 13.8. The predicted molar refractivity (Wildman–Crippen MR) is 122 cm³/mol. The molecule has 0 radical (unpaired) electrons. The van der Waals surface area contributed by atoms with Crippen molar-refractivity contribution < 1.29 is 27.2 Å². The molecule has 0 saturated heterocycles. The zero-order valence-corrected chi connectivity index (χ0v) is 19.3. The van der Waals surface area contributed by atoms with Crippen LogP contribution in [-0.4, -0.2) is 23.3 Å². The van der Waals surface area contributed by atoms with E-state index in [9.17, 15) is 27.2 Å². The first-order valence-corrected chi connectivity index (χ1v) is 11.0.